The Morgan fingerprint density at radius 3 is 2.39 bits per heavy atom. The molecule has 0 aliphatic carbocycles. The second-order valence-corrected chi connectivity index (χ2v) is 8.98. The Morgan fingerprint density at radius 2 is 1.73 bits per heavy atom. The lowest BCUT2D eigenvalue weighted by Gasteiger charge is -2.32. The topological polar surface area (TPSA) is 88.8 Å². The number of nitrogens with zero attached hydrogens (tertiary/aromatic N) is 6. The molecular formula is C24H23N7OS. The molecule has 0 fully saturated rings. The first-order valence-electron chi connectivity index (χ1n) is 10.6. The molecule has 0 saturated heterocycles. The van der Waals surface area contributed by atoms with Crippen molar-refractivity contribution in [3.8, 4) is 0 Å². The monoisotopic (exact) mass is 457 g/mol. The average molecular weight is 458 g/mol. The van der Waals surface area contributed by atoms with Crippen molar-refractivity contribution in [3.63, 3.8) is 0 Å². The number of anilines is 2. The van der Waals surface area contributed by atoms with Crippen LogP contribution >= 0.6 is 11.3 Å². The van der Waals surface area contributed by atoms with Gasteiger partial charge in [-0.05, 0) is 48.4 Å². The Balaban J connectivity index is 1.54. The molecule has 0 saturated carbocycles. The normalized spacial score (nSPS) is 15.2. The SMILES string of the molecule is Cc1ccc(C2=CC(c3ccc(C)cc3)n3nnnc3N2CC(=O)Nc2nc(C)cs2)cc1. The van der Waals surface area contributed by atoms with Gasteiger partial charge in [0.2, 0.25) is 5.91 Å². The number of hydrogen-bond donors (Lipinski definition) is 1. The van der Waals surface area contributed by atoms with Crippen LogP contribution in [0.2, 0.25) is 0 Å². The van der Waals surface area contributed by atoms with Crippen LogP contribution < -0.4 is 10.2 Å². The highest BCUT2D eigenvalue weighted by Gasteiger charge is 2.32. The number of benzene rings is 2. The number of allylic oxidation sites excluding steroid dienone is 1. The van der Waals surface area contributed by atoms with E-state index in [0.717, 1.165) is 22.5 Å². The largest absolute Gasteiger partial charge is 0.300 e. The number of amides is 1. The first kappa shape index (κ1) is 21.0. The second kappa shape index (κ2) is 8.59. The third-order valence-corrected chi connectivity index (χ3v) is 6.40. The molecule has 33 heavy (non-hydrogen) atoms. The molecule has 1 amide bonds. The molecule has 2 aromatic heterocycles. The second-order valence-electron chi connectivity index (χ2n) is 8.13. The van der Waals surface area contributed by atoms with Crippen LogP contribution in [0.5, 0.6) is 0 Å². The Bertz CT molecular complexity index is 1320. The summed E-state index contributed by atoms with van der Waals surface area (Å²) in [6, 6.07) is 16.4. The van der Waals surface area contributed by atoms with E-state index in [1.165, 1.54) is 22.5 Å². The number of nitrogens with one attached hydrogen (secondary N) is 1. The Morgan fingerprint density at radius 1 is 1.03 bits per heavy atom. The lowest BCUT2D eigenvalue weighted by Crippen LogP contribution is -2.37. The van der Waals surface area contributed by atoms with E-state index in [0.29, 0.717) is 11.1 Å². The van der Waals surface area contributed by atoms with Crippen molar-refractivity contribution in [2.45, 2.75) is 26.8 Å². The molecule has 3 heterocycles. The van der Waals surface area contributed by atoms with E-state index >= 15 is 0 Å². The van der Waals surface area contributed by atoms with Gasteiger partial charge in [-0.25, -0.2) is 4.98 Å². The number of tetrazole rings is 1. The van der Waals surface area contributed by atoms with E-state index in [1.54, 1.807) is 4.68 Å². The summed E-state index contributed by atoms with van der Waals surface area (Å²) >= 11 is 1.40. The van der Waals surface area contributed by atoms with Crippen molar-refractivity contribution >= 4 is 34.0 Å². The summed E-state index contributed by atoms with van der Waals surface area (Å²) in [5.41, 5.74) is 6.17. The Hall–Kier alpha value is -3.85. The van der Waals surface area contributed by atoms with Crippen molar-refractivity contribution in [1.82, 2.24) is 25.2 Å². The zero-order valence-electron chi connectivity index (χ0n) is 18.6. The van der Waals surface area contributed by atoms with E-state index < -0.39 is 0 Å². The molecule has 2 aromatic carbocycles. The first-order chi connectivity index (χ1) is 16.0. The fourth-order valence-corrected chi connectivity index (χ4v) is 4.52. The molecule has 1 aliphatic rings. The molecule has 1 aliphatic heterocycles. The molecule has 8 nitrogen and oxygen atoms in total. The van der Waals surface area contributed by atoms with Gasteiger partial charge in [-0.15, -0.1) is 11.3 Å². The van der Waals surface area contributed by atoms with Crippen LogP contribution in [-0.4, -0.2) is 37.6 Å². The van der Waals surface area contributed by atoms with E-state index in [9.17, 15) is 4.79 Å². The van der Waals surface area contributed by atoms with E-state index in [2.05, 4.69) is 94.3 Å². The van der Waals surface area contributed by atoms with Crippen LogP contribution in [0.15, 0.2) is 60.0 Å². The number of rotatable bonds is 5. The maximum atomic E-state index is 13.0. The zero-order valence-corrected chi connectivity index (χ0v) is 19.4. The summed E-state index contributed by atoms with van der Waals surface area (Å²) in [6.07, 6.45) is 2.11. The minimum Gasteiger partial charge on any atom is -0.300 e. The van der Waals surface area contributed by atoms with Gasteiger partial charge in [0.1, 0.15) is 12.6 Å². The van der Waals surface area contributed by atoms with Crippen LogP contribution in [-0.2, 0) is 4.79 Å². The van der Waals surface area contributed by atoms with E-state index in [-0.39, 0.29) is 18.5 Å². The van der Waals surface area contributed by atoms with Crippen LogP contribution in [0.1, 0.15) is 34.0 Å². The van der Waals surface area contributed by atoms with Gasteiger partial charge < -0.3 is 5.32 Å². The molecule has 1 N–H and O–H groups in total. The lowest BCUT2D eigenvalue weighted by atomic mass is 9.99. The minimum absolute atomic E-state index is 0.0549. The lowest BCUT2D eigenvalue weighted by molar-refractivity contribution is -0.114. The van der Waals surface area contributed by atoms with Crippen molar-refractivity contribution in [1.29, 1.82) is 0 Å². The van der Waals surface area contributed by atoms with Crippen LogP contribution in [0, 0.1) is 20.8 Å². The van der Waals surface area contributed by atoms with Crippen LogP contribution in [0.4, 0.5) is 11.1 Å². The summed E-state index contributed by atoms with van der Waals surface area (Å²) < 4.78 is 1.75. The van der Waals surface area contributed by atoms with Gasteiger partial charge in [0.15, 0.2) is 5.13 Å². The van der Waals surface area contributed by atoms with Crippen LogP contribution in [0.25, 0.3) is 5.70 Å². The summed E-state index contributed by atoms with van der Waals surface area (Å²) in [5.74, 6) is 0.329. The van der Waals surface area contributed by atoms with Gasteiger partial charge in [0.05, 0.1) is 11.4 Å². The number of carbonyl (C=O) groups is 1. The summed E-state index contributed by atoms with van der Waals surface area (Å²) in [4.78, 5) is 19.1. The zero-order chi connectivity index (χ0) is 22.9. The van der Waals surface area contributed by atoms with Gasteiger partial charge in [0.25, 0.3) is 5.95 Å². The van der Waals surface area contributed by atoms with Crippen molar-refractivity contribution in [2.75, 3.05) is 16.8 Å². The molecule has 166 valence electrons. The fourth-order valence-electron chi connectivity index (χ4n) is 3.81. The summed E-state index contributed by atoms with van der Waals surface area (Å²) in [7, 11) is 0. The number of aromatic nitrogens is 5. The number of aryl methyl sites for hydroxylation is 3. The smallest absolute Gasteiger partial charge is 0.251 e. The number of thiazole rings is 1. The molecule has 0 radical (unpaired) electrons. The molecule has 1 atom stereocenters. The predicted molar refractivity (Wildman–Crippen MR) is 129 cm³/mol. The van der Waals surface area contributed by atoms with Gasteiger partial charge in [-0.2, -0.15) is 4.68 Å². The van der Waals surface area contributed by atoms with E-state index in [4.69, 9.17) is 0 Å². The fraction of sp³-hybridized carbons (Fsp3) is 0.208. The maximum Gasteiger partial charge on any atom is 0.251 e. The maximum absolute atomic E-state index is 13.0. The predicted octanol–water partition coefficient (Wildman–Crippen LogP) is 4.14. The van der Waals surface area contributed by atoms with Crippen molar-refractivity contribution in [2.24, 2.45) is 0 Å². The highest BCUT2D eigenvalue weighted by atomic mass is 32.1. The molecule has 0 bridgehead atoms. The third-order valence-electron chi connectivity index (χ3n) is 5.52. The third kappa shape index (κ3) is 4.27. The molecule has 4 aromatic rings. The quantitative estimate of drug-likeness (QED) is 0.484. The highest BCUT2D eigenvalue weighted by molar-refractivity contribution is 7.13. The van der Waals surface area contributed by atoms with Crippen molar-refractivity contribution < 1.29 is 4.79 Å². The standard InChI is InChI=1S/C24H23N7OS/c1-15-4-8-18(9-5-15)20-12-21(19-10-6-16(2)7-11-19)31-24(27-28-29-31)30(20)13-22(32)26-23-25-17(3)14-33-23/h4-12,14,21H,13H2,1-3H3,(H,25,26,32). The first-order valence-corrected chi connectivity index (χ1v) is 11.5. The number of fused-ring (bicyclic) bond motifs is 1. The van der Waals surface area contributed by atoms with Gasteiger partial charge in [-0.1, -0.05) is 64.8 Å². The Labute approximate surface area is 195 Å². The van der Waals surface area contributed by atoms with Crippen LogP contribution in [0.3, 0.4) is 0 Å². The van der Waals surface area contributed by atoms with E-state index in [1.807, 2.05) is 17.2 Å². The summed E-state index contributed by atoms with van der Waals surface area (Å²) in [5, 5.41) is 17.8. The molecule has 0 spiro atoms. The molecular weight excluding hydrogens is 434 g/mol. The minimum atomic E-state index is -0.189. The number of carbonyl (C=O) groups excluding carboxylic acids is 1. The molecule has 1 unspecified atom stereocenters. The highest BCUT2D eigenvalue weighted by Crippen LogP contribution is 2.36. The van der Waals surface area contributed by atoms with Gasteiger partial charge >= 0.3 is 0 Å². The van der Waals surface area contributed by atoms with Gasteiger partial charge in [0, 0.05) is 5.38 Å². The number of hydrogen-bond acceptors (Lipinski definition) is 7. The van der Waals surface area contributed by atoms with Crippen molar-refractivity contribution in [3.05, 3.63) is 87.9 Å². The summed E-state index contributed by atoms with van der Waals surface area (Å²) in [6.45, 7) is 6.06. The molecule has 5 rings (SSSR count). The van der Waals surface area contributed by atoms with Gasteiger partial charge in [-0.3, -0.25) is 9.69 Å². The molecule has 9 heteroatoms. The average Bonchev–Trinajstić information content (AvgIpc) is 3.44. The Kier molecular flexibility index (Phi) is 5.47.